The molecule has 3 aliphatic rings. The number of rotatable bonds is 6. The Morgan fingerprint density at radius 3 is 2.95 bits per heavy atom. The first kappa shape index (κ1) is 24.6. The lowest BCUT2D eigenvalue weighted by Crippen LogP contribution is -2.48. The fraction of sp³-hybridized carbons (Fsp3) is 0.414. The van der Waals surface area contributed by atoms with E-state index >= 15 is 0 Å². The van der Waals surface area contributed by atoms with E-state index in [1.807, 2.05) is 11.0 Å². The number of amides is 1. The van der Waals surface area contributed by atoms with Gasteiger partial charge >= 0.3 is 0 Å². The van der Waals surface area contributed by atoms with Crippen LogP contribution in [0.5, 0.6) is 5.75 Å². The molecule has 2 N–H and O–H groups in total. The minimum Gasteiger partial charge on any atom is -0.496 e. The van der Waals surface area contributed by atoms with Crippen molar-refractivity contribution < 1.29 is 19.0 Å². The highest BCUT2D eigenvalue weighted by Crippen LogP contribution is 2.42. The van der Waals surface area contributed by atoms with Crippen LogP contribution in [0.25, 0.3) is 27.7 Å². The predicted octanol–water partition coefficient (Wildman–Crippen LogP) is 3.85. The number of H-pyrrole nitrogens is 1. The number of pyridine rings is 1. The van der Waals surface area contributed by atoms with E-state index in [4.69, 9.17) is 4.74 Å². The second-order valence-corrected chi connectivity index (χ2v) is 10.4. The van der Waals surface area contributed by atoms with Crippen LogP contribution in [0.3, 0.4) is 0 Å². The van der Waals surface area contributed by atoms with Crippen LogP contribution in [0.15, 0.2) is 36.5 Å². The van der Waals surface area contributed by atoms with Crippen molar-refractivity contribution in [2.24, 2.45) is 0 Å². The van der Waals surface area contributed by atoms with Gasteiger partial charge in [-0.05, 0) is 61.9 Å². The molecule has 0 aliphatic carbocycles. The van der Waals surface area contributed by atoms with Crippen molar-refractivity contribution in [3.63, 3.8) is 0 Å². The van der Waals surface area contributed by atoms with Gasteiger partial charge in [-0.1, -0.05) is 6.08 Å². The first-order valence-corrected chi connectivity index (χ1v) is 13.1. The number of aliphatic hydroxyl groups excluding tert-OH is 1. The average Bonchev–Trinajstić information content (AvgIpc) is 3.63. The maximum Gasteiger partial charge on any atom is 0.237 e. The molecule has 2 fully saturated rings. The van der Waals surface area contributed by atoms with Crippen molar-refractivity contribution in [3.8, 4) is 22.9 Å². The summed E-state index contributed by atoms with van der Waals surface area (Å²) in [6, 6.07) is 8.84. The van der Waals surface area contributed by atoms with Crippen molar-refractivity contribution in [3.05, 3.63) is 53.6 Å². The predicted molar refractivity (Wildman–Crippen MR) is 141 cm³/mol. The van der Waals surface area contributed by atoms with E-state index in [2.05, 4.69) is 27.0 Å². The van der Waals surface area contributed by atoms with Gasteiger partial charge in [0.05, 0.1) is 31.9 Å². The van der Waals surface area contributed by atoms with Crippen molar-refractivity contribution in [1.29, 1.82) is 5.26 Å². The van der Waals surface area contributed by atoms with E-state index in [0.717, 1.165) is 55.3 Å². The number of fused-ring (bicyclic) bond motifs is 3. The number of nitrogens with one attached hydrogen (secondary N) is 1. The molecule has 8 nitrogen and oxygen atoms in total. The molecular formula is C29H30FN5O3. The molecule has 0 radical (unpaired) electrons. The zero-order chi connectivity index (χ0) is 26.4. The van der Waals surface area contributed by atoms with E-state index < -0.39 is 5.82 Å². The normalized spacial score (nSPS) is 23.1. The highest BCUT2D eigenvalue weighted by Gasteiger charge is 2.40. The summed E-state index contributed by atoms with van der Waals surface area (Å²) >= 11 is 0. The number of aromatic nitrogens is 2. The SMILES string of the molecule is COc1ccc(F)cc1-c1c(C#N)cnc2[nH]c(C3=CC4CCC(C3)N4CC(=O)N3CCC[C@H]3CO)cc12. The summed E-state index contributed by atoms with van der Waals surface area (Å²) in [5.41, 5.74) is 4.14. The first-order valence-electron chi connectivity index (χ1n) is 13.1. The van der Waals surface area contributed by atoms with E-state index in [1.165, 1.54) is 25.4 Å². The van der Waals surface area contributed by atoms with Gasteiger partial charge in [-0.25, -0.2) is 9.37 Å². The molecule has 0 saturated carbocycles. The molecular weight excluding hydrogens is 485 g/mol. The molecule has 2 unspecified atom stereocenters. The smallest absolute Gasteiger partial charge is 0.237 e. The number of nitrogens with zero attached hydrogens (tertiary/aromatic N) is 4. The van der Waals surface area contributed by atoms with Crippen LogP contribution in [-0.2, 0) is 4.79 Å². The second-order valence-electron chi connectivity index (χ2n) is 10.4. The lowest BCUT2D eigenvalue weighted by Gasteiger charge is -2.35. The zero-order valence-corrected chi connectivity index (χ0v) is 21.3. The number of nitriles is 1. The van der Waals surface area contributed by atoms with Crippen molar-refractivity contribution in [2.45, 2.75) is 50.2 Å². The highest BCUT2D eigenvalue weighted by atomic mass is 19.1. The number of halogens is 1. The Kier molecular flexibility index (Phi) is 6.38. The second kappa shape index (κ2) is 9.86. The molecule has 9 heteroatoms. The average molecular weight is 516 g/mol. The Balaban J connectivity index is 1.32. The van der Waals surface area contributed by atoms with Crippen LogP contribution in [0, 0.1) is 17.1 Å². The number of hydrogen-bond acceptors (Lipinski definition) is 6. The number of methoxy groups -OCH3 is 1. The number of carbonyl (C=O) groups excluding carboxylic acids is 1. The summed E-state index contributed by atoms with van der Waals surface area (Å²) in [7, 11) is 1.52. The van der Waals surface area contributed by atoms with E-state index in [0.29, 0.717) is 34.6 Å². The van der Waals surface area contributed by atoms with E-state index in [1.54, 1.807) is 6.07 Å². The van der Waals surface area contributed by atoms with Gasteiger partial charge < -0.3 is 19.7 Å². The monoisotopic (exact) mass is 515 g/mol. The number of ether oxygens (including phenoxy) is 1. The maximum atomic E-state index is 14.2. The Hall–Kier alpha value is -3.74. The minimum absolute atomic E-state index is 0.0219. The van der Waals surface area contributed by atoms with E-state index in [-0.39, 0.29) is 30.6 Å². The van der Waals surface area contributed by atoms with Gasteiger partial charge in [0.2, 0.25) is 5.91 Å². The molecule has 0 spiro atoms. The van der Waals surface area contributed by atoms with Crippen LogP contribution in [-0.4, -0.2) is 75.7 Å². The van der Waals surface area contributed by atoms with Gasteiger partial charge in [0.1, 0.15) is 23.3 Å². The van der Waals surface area contributed by atoms with Crippen molar-refractivity contribution in [2.75, 3.05) is 26.8 Å². The largest absolute Gasteiger partial charge is 0.496 e. The minimum atomic E-state index is -0.411. The fourth-order valence-electron chi connectivity index (χ4n) is 6.46. The summed E-state index contributed by atoms with van der Waals surface area (Å²) in [5, 5.41) is 20.2. The third kappa shape index (κ3) is 4.14. The number of aromatic amines is 1. The van der Waals surface area contributed by atoms with Crippen molar-refractivity contribution in [1.82, 2.24) is 19.8 Å². The Morgan fingerprint density at radius 2 is 2.18 bits per heavy atom. The van der Waals surface area contributed by atoms with Gasteiger partial charge in [-0.3, -0.25) is 9.69 Å². The van der Waals surface area contributed by atoms with Crippen molar-refractivity contribution >= 4 is 22.5 Å². The molecule has 5 heterocycles. The lowest BCUT2D eigenvalue weighted by molar-refractivity contribution is -0.134. The summed E-state index contributed by atoms with van der Waals surface area (Å²) in [5.74, 6) is 0.170. The summed E-state index contributed by atoms with van der Waals surface area (Å²) < 4.78 is 19.7. The van der Waals surface area contributed by atoms with Gasteiger partial charge in [0, 0.05) is 47.0 Å². The lowest BCUT2D eigenvalue weighted by atomic mass is 9.96. The molecule has 3 aliphatic heterocycles. The zero-order valence-electron chi connectivity index (χ0n) is 21.3. The number of carbonyl (C=O) groups is 1. The molecule has 196 valence electrons. The third-order valence-corrected chi connectivity index (χ3v) is 8.32. The van der Waals surface area contributed by atoms with Gasteiger partial charge in [0.15, 0.2) is 0 Å². The van der Waals surface area contributed by atoms with E-state index in [9.17, 15) is 19.6 Å². The number of hydrogen-bond donors (Lipinski definition) is 2. The van der Waals surface area contributed by atoms with Crippen LogP contribution < -0.4 is 4.74 Å². The summed E-state index contributed by atoms with van der Waals surface area (Å²) in [6.45, 7) is 1.12. The fourth-order valence-corrected chi connectivity index (χ4v) is 6.46. The van der Waals surface area contributed by atoms with Crippen LogP contribution in [0.4, 0.5) is 4.39 Å². The Labute approximate surface area is 220 Å². The van der Waals surface area contributed by atoms with Gasteiger partial charge in [-0.15, -0.1) is 0 Å². The van der Waals surface area contributed by atoms with Crippen LogP contribution in [0.2, 0.25) is 0 Å². The first-order chi connectivity index (χ1) is 18.5. The third-order valence-electron chi connectivity index (χ3n) is 8.32. The molecule has 2 bridgehead atoms. The molecule has 1 amide bonds. The molecule has 3 atom stereocenters. The molecule has 2 saturated heterocycles. The molecule has 1 aromatic carbocycles. The molecule has 3 aromatic rings. The Bertz CT molecular complexity index is 1470. The quantitative estimate of drug-likeness (QED) is 0.517. The summed E-state index contributed by atoms with van der Waals surface area (Å²) in [4.78, 5) is 25.1. The molecule has 2 aromatic heterocycles. The standard InChI is InChI=1S/C29H30FN5O3/c1-38-26-7-4-19(30)11-23(26)28-18(13-31)14-32-29-24(28)12-25(33-29)17-9-20-5-6-21(10-17)35(20)15-27(37)34-8-2-3-22(34)16-36/h4,7,9,11-12,14,20-22,36H,2-3,5-6,8,10,15-16H2,1H3,(H,32,33)/t20?,21?,22-/m0/s1. The van der Waals surface area contributed by atoms with Gasteiger partial charge in [0.25, 0.3) is 0 Å². The maximum absolute atomic E-state index is 14.2. The molecule has 38 heavy (non-hydrogen) atoms. The topological polar surface area (TPSA) is 105 Å². The summed E-state index contributed by atoms with van der Waals surface area (Å²) in [6.07, 6.45) is 8.36. The number of likely N-dealkylation sites (tertiary alicyclic amines) is 1. The Morgan fingerprint density at radius 1 is 1.32 bits per heavy atom. The number of aliphatic hydroxyl groups is 1. The van der Waals surface area contributed by atoms with Crippen LogP contribution >= 0.6 is 0 Å². The number of benzene rings is 1. The van der Waals surface area contributed by atoms with Crippen LogP contribution in [0.1, 0.15) is 43.4 Å². The molecule has 6 rings (SSSR count). The van der Waals surface area contributed by atoms with Gasteiger partial charge in [-0.2, -0.15) is 5.26 Å². The highest BCUT2D eigenvalue weighted by molar-refractivity contribution is 5.99.